The minimum absolute atomic E-state index is 0.688. The highest BCUT2D eigenvalue weighted by atomic mass is 16.5. The van der Waals surface area contributed by atoms with Crippen molar-refractivity contribution >= 4 is 0 Å². The van der Waals surface area contributed by atoms with Crippen LogP contribution in [0.2, 0.25) is 0 Å². The van der Waals surface area contributed by atoms with E-state index in [0.717, 1.165) is 6.42 Å². The number of ether oxygens (including phenoxy) is 1. The third kappa shape index (κ3) is 3.08. The van der Waals surface area contributed by atoms with Crippen LogP contribution in [0.3, 0.4) is 0 Å². The Morgan fingerprint density at radius 3 is 2.91 bits per heavy atom. The summed E-state index contributed by atoms with van der Waals surface area (Å²) in [6.45, 7) is 4.40. The predicted molar refractivity (Wildman–Crippen MR) is 46.9 cm³/mol. The lowest BCUT2D eigenvalue weighted by atomic mass is 10.0. The molecular formula is C10H14O. The van der Waals surface area contributed by atoms with Crippen LogP contribution in [0.15, 0.2) is 36.3 Å². The molecule has 0 amide bonds. The molecule has 0 aromatic heterocycles. The monoisotopic (exact) mass is 150 g/mol. The molecule has 1 aliphatic heterocycles. The van der Waals surface area contributed by atoms with E-state index in [1.807, 2.05) is 12.2 Å². The van der Waals surface area contributed by atoms with Gasteiger partial charge in [0.2, 0.25) is 0 Å². The van der Waals surface area contributed by atoms with Gasteiger partial charge >= 0.3 is 0 Å². The highest BCUT2D eigenvalue weighted by Gasteiger charge is 1.98. The minimum Gasteiger partial charge on any atom is -0.472 e. The van der Waals surface area contributed by atoms with E-state index in [9.17, 15) is 0 Å². The van der Waals surface area contributed by atoms with Crippen molar-refractivity contribution in [3.05, 3.63) is 36.3 Å². The first-order valence-electron chi connectivity index (χ1n) is 3.97. The fourth-order valence-corrected chi connectivity index (χ4v) is 1.02. The Balaban J connectivity index is 2.51. The Bertz CT molecular complexity index is 197. The van der Waals surface area contributed by atoms with Crippen molar-refractivity contribution < 1.29 is 4.74 Å². The molecule has 0 N–H and O–H groups in total. The van der Waals surface area contributed by atoms with E-state index in [-0.39, 0.29) is 0 Å². The van der Waals surface area contributed by atoms with Crippen molar-refractivity contribution in [3.8, 4) is 0 Å². The average Bonchev–Trinajstić information content (AvgIpc) is 2.14. The Hall–Kier alpha value is -0.980. The molecule has 0 saturated heterocycles. The first-order chi connectivity index (χ1) is 5.29. The standard InChI is InChI=1S/C10H14O/c1-9(2)7-10-5-3-4-6-11-8-10/h3-6,8-9H,7H2,1-2H3. The second-order valence-electron chi connectivity index (χ2n) is 3.11. The fraction of sp³-hybridized carbons (Fsp3) is 0.400. The van der Waals surface area contributed by atoms with Crippen LogP contribution in [0, 0.1) is 5.92 Å². The lowest BCUT2D eigenvalue weighted by Crippen LogP contribution is -1.88. The maximum absolute atomic E-state index is 5.10. The van der Waals surface area contributed by atoms with E-state index in [0.29, 0.717) is 5.92 Å². The normalized spacial score (nSPS) is 16.1. The van der Waals surface area contributed by atoms with Crippen LogP contribution in [0.5, 0.6) is 0 Å². The van der Waals surface area contributed by atoms with E-state index in [1.165, 1.54) is 5.57 Å². The van der Waals surface area contributed by atoms with Crippen LogP contribution < -0.4 is 0 Å². The smallest absolute Gasteiger partial charge is 0.0933 e. The first kappa shape index (κ1) is 8.12. The Morgan fingerprint density at radius 1 is 1.36 bits per heavy atom. The Kier molecular flexibility index (Phi) is 2.96. The largest absolute Gasteiger partial charge is 0.472 e. The molecule has 0 aromatic rings. The summed E-state index contributed by atoms with van der Waals surface area (Å²) < 4.78 is 5.10. The summed E-state index contributed by atoms with van der Waals surface area (Å²) >= 11 is 0. The lowest BCUT2D eigenvalue weighted by Gasteiger charge is -2.03. The van der Waals surface area contributed by atoms with Gasteiger partial charge in [-0.25, -0.2) is 0 Å². The van der Waals surface area contributed by atoms with Gasteiger partial charge in [-0.15, -0.1) is 0 Å². The maximum atomic E-state index is 5.10. The number of rotatable bonds is 2. The Labute approximate surface area is 68.1 Å². The van der Waals surface area contributed by atoms with Crippen LogP contribution in [0.25, 0.3) is 0 Å². The summed E-state index contributed by atoms with van der Waals surface area (Å²) in [5.74, 6) is 0.688. The SMILES string of the molecule is CC(C)CC1=COC=CC=C1. The van der Waals surface area contributed by atoms with Gasteiger partial charge in [0, 0.05) is 0 Å². The molecule has 1 nitrogen and oxygen atoms in total. The fourth-order valence-electron chi connectivity index (χ4n) is 1.02. The van der Waals surface area contributed by atoms with Gasteiger partial charge in [0.25, 0.3) is 0 Å². The zero-order valence-electron chi connectivity index (χ0n) is 7.08. The van der Waals surface area contributed by atoms with Crippen molar-refractivity contribution in [2.75, 3.05) is 0 Å². The molecule has 0 atom stereocenters. The van der Waals surface area contributed by atoms with Gasteiger partial charge in [0.15, 0.2) is 0 Å². The number of allylic oxidation sites excluding steroid dienone is 4. The quantitative estimate of drug-likeness (QED) is 0.588. The molecule has 0 bridgehead atoms. The topological polar surface area (TPSA) is 9.23 Å². The van der Waals surface area contributed by atoms with Gasteiger partial charge in [-0.1, -0.05) is 26.0 Å². The molecule has 0 aliphatic carbocycles. The van der Waals surface area contributed by atoms with Crippen molar-refractivity contribution in [3.63, 3.8) is 0 Å². The summed E-state index contributed by atoms with van der Waals surface area (Å²) in [5, 5.41) is 0. The van der Waals surface area contributed by atoms with Gasteiger partial charge in [-0.3, -0.25) is 0 Å². The maximum Gasteiger partial charge on any atom is 0.0933 e. The summed E-state index contributed by atoms with van der Waals surface area (Å²) in [7, 11) is 0. The van der Waals surface area contributed by atoms with E-state index >= 15 is 0 Å². The molecule has 0 saturated carbocycles. The molecule has 1 heterocycles. The van der Waals surface area contributed by atoms with Crippen LogP contribution >= 0.6 is 0 Å². The minimum atomic E-state index is 0.688. The van der Waals surface area contributed by atoms with Crippen LogP contribution in [0.1, 0.15) is 20.3 Å². The van der Waals surface area contributed by atoms with Crippen molar-refractivity contribution in [2.24, 2.45) is 5.92 Å². The van der Waals surface area contributed by atoms with Gasteiger partial charge in [0.05, 0.1) is 12.5 Å². The molecule has 0 spiro atoms. The second-order valence-corrected chi connectivity index (χ2v) is 3.11. The van der Waals surface area contributed by atoms with Crippen molar-refractivity contribution in [2.45, 2.75) is 20.3 Å². The second kappa shape index (κ2) is 4.02. The van der Waals surface area contributed by atoms with Crippen molar-refractivity contribution in [1.82, 2.24) is 0 Å². The molecule has 0 aromatic carbocycles. The third-order valence-corrected chi connectivity index (χ3v) is 1.44. The molecule has 11 heavy (non-hydrogen) atoms. The van der Waals surface area contributed by atoms with Crippen molar-refractivity contribution in [1.29, 1.82) is 0 Å². The van der Waals surface area contributed by atoms with E-state index in [1.54, 1.807) is 12.5 Å². The summed E-state index contributed by atoms with van der Waals surface area (Å²) in [6.07, 6.45) is 10.6. The zero-order chi connectivity index (χ0) is 8.10. The predicted octanol–water partition coefficient (Wildman–Crippen LogP) is 3.02. The van der Waals surface area contributed by atoms with E-state index in [4.69, 9.17) is 4.74 Å². The first-order valence-corrected chi connectivity index (χ1v) is 3.97. The molecule has 0 fully saturated rings. The average molecular weight is 150 g/mol. The van der Waals surface area contributed by atoms with Gasteiger partial charge in [-0.05, 0) is 24.0 Å². The molecule has 1 rings (SSSR count). The molecule has 0 unspecified atom stereocenters. The summed E-state index contributed by atoms with van der Waals surface area (Å²) in [5.41, 5.74) is 1.25. The van der Waals surface area contributed by atoms with Crippen LogP contribution in [-0.4, -0.2) is 0 Å². The van der Waals surface area contributed by atoms with Gasteiger partial charge < -0.3 is 4.74 Å². The van der Waals surface area contributed by atoms with Gasteiger partial charge in [0.1, 0.15) is 0 Å². The highest BCUT2D eigenvalue weighted by molar-refractivity contribution is 5.22. The number of hydrogen-bond donors (Lipinski definition) is 0. The number of hydrogen-bond acceptors (Lipinski definition) is 1. The molecule has 60 valence electrons. The van der Waals surface area contributed by atoms with E-state index < -0.39 is 0 Å². The lowest BCUT2D eigenvalue weighted by molar-refractivity contribution is 0.397. The van der Waals surface area contributed by atoms with Crippen LogP contribution in [-0.2, 0) is 4.74 Å². The Morgan fingerprint density at radius 2 is 2.18 bits per heavy atom. The molecule has 1 heteroatoms. The van der Waals surface area contributed by atoms with Gasteiger partial charge in [-0.2, -0.15) is 0 Å². The third-order valence-electron chi connectivity index (χ3n) is 1.44. The summed E-state index contributed by atoms with van der Waals surface area (Å²) in [6, 6.07) is 0. The molecule has 1 aliphatic rings. The van der Waals surface area contributed by atoms with E-state index in [2.05, 4.69) is 19.9 Å². The molecule has 0 radical (unpaired) electrons. The molecular weight excluding hydrogens is 136 g/mol. The highest BCUT2D eigenvalue weighted by Crippen LogP contribution is 2.13. The zero-order valence-corrected chi connectivity index (χ0v) is 7.08. The summed E-state index contributed by atoms with van der Waals surface area (Å²) in [4.78, 5) is 0. The van der Waals surface area contributed by atoms with Crippen LogP contribution in [0.4, 0.5) is 0 Å².